The van der Waals surface area contributed by atoms with E-state index in [1.807, 2.05) is 6.07 Å². The Bertz CT molecular complexity index is 574. The van der Waals surface area contributed by atoms with Crippen molar-refractivity contribution in [3.05, 3.63) is 16.2 Å². The van der Waals surface area contributed by atoms with Gasteiger partial charge in [-0.15, -0.1) is 0 Å². The van der Waals surface area contributed by atoms with Gasteiger partial charge in [0.1, 0.15) is 17.0 Å². The predicted molar refractivity (Wildman–Crippen MR) is 48.2 cm³/mol. The fraction of sp³-hybridized carbons (Fsp3) is 0.143. The zero-order chi connectivity index (χ0) is 10.1. The minimum atomic E-state index is -0.383. The van der Waals surface area contributed by atoms with Crippen molar-refractivity contribution in [3.63, 3.8) is 0 Å². The van der Waals surface area contributed by atoms with Crippen LogP contribution in [0.15, 0.2) is 4.79 Å². The molecule has 7 nitrogen and oxygen atoms in total. The Hall–Kier alpha value is -2.36. The molecule has 70 valence electrons. The van der Waals surface area contributed by atoms with Gasteiger partial charge in [0, 0.05) is 0 Å². The summed E-state index contributed by atoms with van der Waals surface area (Å²) in [5, 5.41) is 14.8. The van der Waals surface area contributed by atoms with Gasteiger partial charge >= 0.3 is 0 Å². The van der Waals surface area contributed by atoms with Gasteiger partial charge in [-0.1, -0.05) is 0 Å². The number of anilines is 1. The van der Waals surface area contributed by atoms with E-state index in [1.54, 1.807) is 0 Å². The molecule has 0 unspecified atom stereocenters. The van der Waals surface area contributed by atoms with Crippen LogP contribution in [-0.2, 0) is 6.42 Å². The number of fused-ring (bicyclic) bond motifs is 1. The van der Waals surface area contributed by atoms with E-state index in [1.165, 1.54) is 0 Å². The van der Waals surface area contributed by atoms with Crippen molar-refractivity contribution in [3.8, 4) is 6.07 Å². The van der Waals surface area contributed by atoms with Gasteiger partial charge in [-0.25, -0.2) is 4.98 Å². The molecule has 0 fully saturated rings. The molecule has 4 N–H and O–H groups in total. The Kier molecular flexibility index (Phi) is 1.68. The molecule has 14 heavy (non-hydrogen) atoms. The lowest BCUT2D eigenvalue weighted by Gasteiger charge is -1.93. The summed E-state index contributed by atoms with van der Waals surface area (Å²) in [4.78, 5) is 17.8. The van der Waals surface area contributed by atoms with Crippen LogP contribution >= 0.6 is 0 Å². The van der Waals surface area contributed by atoms with E-state index < -0.39 is 0 Å². The van der Waals surface area contributed by atoms with E-state index in [9.17, 15) is 4.79 Å². The normalized spacial score (nSPS) is 10.2. The number of nitrogen functional groups attached to an aromatic ring is 1. The fourth-order valence-electron chi connectivity index (χ4n) is 1.16. The van der Waals surface area contributed by atoms with Crippen molar-refractivity contribution in [2.75, 3.05) is 5.73 Å². The van der Waals surface area contributed by atoms with Crippen molar-refractivity contribution in [2.24, 2.45) is 0 Å². The standard InChI is InChI=1S/C7H6N6O/c8-2-1-3-10-6-4(7(14)11-3)5(9)12-13-6/h1H2,(H4,9,10,11,12,13,14). The second-order valence-electron chi connectivity index (χ2n) is 2.68. The molecule has 0 radical (unpaired) electrons. The van der Waals surface area contributed by atoms with Crippen LogP contribution in [-0.4, -0.2) is 20.2 Å². The molecule has 0 atom stereocenters. The molecule has 2 heterocycles. The first kappa shape index (κ1) is 8.25. The van der Waals surface area contributed by atoms with Crippen molar-refractivity contribution in [1.82, 2.24) is 20.2 Å². The first-order chi connectivity index (χ1) is 6.72. The highest BCUT2D eigenvalue weighted by Gasteiger charge is 2.09. The van der Waals surface area contributed by atoms with E-state index in [4.69, 9.17) is 11.0 Å². The summed E-state index contributed by atoms with van der Waals surface area (Å²) < 4.78 is 0. The molecule has 2 aromatic heterocycles. The predicted octanol–water partition coefficient (Wildman–Crippen LogP) is -0.706. The summed E-state index contributed by atoms with van der Waals surface area (Å²) in [7, 11) is 0. The quantitative estimate of drug-likeness (QED) is 0.548. The zero-order valence-electron chi connectivity index (χ0n) is 7.03. The smallest absolute Gasteiger partial charge is 0.264 e. The van der Waals surface area contributed by atoms with Crippen LogP contribution < -0.4 is 11.3 Å². The number of hydrogen-bond donors (Lipinski definition) is 3. The largest absolute Gasteiger partial charge is 0.383 e. The van der Waals surface area contributed by atoms with Crippen LogP contribution in [0.3, 0.4) is 0 Å². The Morgan fingerprint density at radius 1 is 1.57 bits per heavy atom. The number of nitrogens with zero attached hydrogens (tertiary/aromatic N) is 3. The first-order valence-electron chi connectivity index (χ1n) is 3.82. The van der Waals surface area contributed by atoms with Crippen molar-refractivity contribution in [2.45, 2.75) is 6.42 Å². The number of aromatic amines is 2. The molecule has 0 saturated carbocycles. The van der Waals surface area contributed by atoms with Gasteiger partial charge in [0.2, 0.25) is 0 Å². The molecule has 2 rings (SSSR count). The zero-order valence-corrected chi connectivity index (χ0v) is 7.03. The minimum absolute atomic E-state index is 0.0396. The van der Waals surface area contributed by atoms with Crippen LogP contribution in [0, 0.1) is 11.3 Å². The van der Waals surface area contributed by atoms with Crippen molar-refractivity contribution >= 4 is 16.9 Å². The maximum atomic E-state index is 11.4. The summed E-state index contributed by atoms with van der Waals surface area (Å²) in [5.74, 6) is 0.466. The SMILES string of the molecule is N#CCc1nc2n[nH]c(N)c2c(=O)[nH]1. The number of nitriles is 1. The lowest BCUT2D eigenvalue weighted by molar-refractivity contribution is 0.985. The molecule has 0 saturated heterocycles. The highest BCUT2D eigenvalue weighted by Crippen LogP contribution is 2.09. The van der Waals surface area contributed by atoms with Gasteiger partial charge < -0.3 is 10.7 Å². The van der Waals surface area contributed by atoms with Gasteiger partial charge in [-0.05, 0) is 0 Å². The first-order valence-corrected chi connectivity index (χ1v) is 3.82. The second-order valence-corrected chi connectivity index (χ2v) is 2.68. The fourth-order valence-corrected chi connectivity index (χ4v) is 1.16. The third kappa shape index (κ3) is 1.09. The molecule has 0 spiro atoms. The average Bonchev–Trinajstić information content (AvgIpc) is 2.48. The molecular weight excluding hydrogens is 184 g/mol. The molecule has 0 aromatic carbocycles. The summed E-state index contributed by atoms with van der Waals surface area (Å²) in [6.07, 6.45) is 0.0396. The summed E-state index contributed by atoms with van der Waals surface area (Å²) in [6, 6.07) is 1.88. The van der Waals surface area contributed by atoms with Crippen LogP contribution in [0.4, 0.5) is 5.82 Å². The Morgan fingerprint density at radius 3 is 3.07 bits per heavy atom. The molecule has 0 amide bonds. The lowest BCUT2D eigenvalue weighted by atomic mass is 10.3. The number of nitrogens with one attached hydrogen (secondary N) is 2. The maximum Gasteiger partial charge on any atom is 0.264 e. The van der Waals surface area contributed by atoms with E-state index in [-0.39, 0.29) is 34.7 Å². The van der Waals surface area contributed by atoms with Crippen molar-refractivity contribution < 1.29 is 0 Å². The van der Waals surface area contributed by atoms with Crippen LogP contribution in [0.2, 0.25) is 0 Å². The van der Waals surface area contributed by atoms with E-state index in [0.717, 1.165) is 0 Å². The summed E-state index contributed by atoms with van der Waals surface area (Å²) >= 11 is 0. The topological polar surface area (TPSA) is 124 Å². The molecule has 0 bridgehead atoms. The Balaban J connectivity index is 2.76. The molecule has 0 aliphatic rings. The second kappa shape index (κ2) is 2.85. The maximum absolute atomic E-state index is 11.4. The molecular formula is C7H6N6O. The van der Waals surface area contributed by atoms with Gasteiger partial charge in [0.05, 0.1) is 12.5 Å². The lowest BCUT2D eigenvalue weighted by Crippen LogP contribution is -2.11. The van der Waals surface area contributed by atoms with Gasteiger partial charge in [-0.3, -0.25) is 9.89 Å². The minimum Gasteiger partial charge on any atom is -0.383 e. The van der Waals surface area contributed by atoms with E-state index >= 15 is 0 Å². The Morgan fingerprint density at radius 2 is 2.36 bits per heavy atom. The van der Waals surface area contributed by atoms with E-state index in [0.29, 0.717) is 0 Å². The third-order valence-electron chi connectivity index (χ3n) is 1.75. The molecule has 7 heteroatoms. The van der Waals surface area contributed by atoms with Crippen LogP contribution in [0.1, 0.15) is 5.82 Å². The highest BCUT2D eigenvalue weighted by molar-refractivity contribution is 5.84. The van der Waals surface area contributed by atoms with Crippen LogP contribution in [0.25, 0.3) is 11.0 Å². The van der Waals surface area contributed by atoms with Gasteiger partial charge in [0.25, 0.3) is 5.56 Å². The monoisotopic (exact) mass is 190 g/mol. The summed E-state index contributed by atoms with van der Waals surface area (Å²) in [5.41, 5.74) is 5.31. The number of nitrogens with two attached hydrogens (primary N) is 1. The summed E-state index contributed by atoms with van der Waals surface area (Å²) in [6.45, 7) is 0. The van der Waals surface area contributed by atoms with E-state index in [2.05, 4.69) is 20.2 Å². The average molecular weight is 190 g/mol. The highest BCUT2D eigenvalue weighted by atomic mass is 16.1. The number of H-pyrrole nitrogens is 2. The van der Waals surface area contributed by atoms with Crippen LogP contribution in [0.5, 0.6) is 0 Å². The number of aromatic nitrogens is 4. The molecule has 0 aliphatic heterocycles. The number of hydrogen-bond acceptors (Lipinski definition) is 5. The number of rotatable bonds is 1. The third-order valence-corrected chi connectivity index (χ3v) is 1.75. The van der Waals surface area contributed by atoms with Gasteiger partial charge in [0.15, 0.2) is 5.65 Å². The Labute approximate surface area is 77.6 Å². The molecule has 2 aromatic rings. The van der Waals surface area contributed by atoms with Gasteiger partial charge in [-0.2, -0.15) is 10.4 Å². The van der Waals surface area contributed by atoms with Crippen molar-refractivity contribution in [1.29, 1.82) is 5.26 Å². The molecule has 0 aliphatic carbocycles.